The van der Waals surface area contributed by atoms with E-state index >= 15 is 0 Å². The summed E-state index contributed by atoms with van der Waals surface area (Å²) in [6.07, 6.45) is 2.20. The predicted molar refractivity (Wildman–Crippen MR) is 90.5 cm³/mol. The molecule has 0 bridgehead atoms. The Bertz CT molecular complexity index is 667. The molecule has 24 heavy (non-hydrogen) atoms. The number of benzene rings is 1. The number of aliphatic carboxylic acids is 1. The monoisotopic (exact) mass is 371 g/mol. The van der Waals surface area contributed by atoms with Crippen LogP contribution in [0.2, 0.25) is 10.0 Å². The highest BCUT2D eigenvalue weighted by Gasteiger charge is 2.57. The van der Waals surface area contributed by atoms with Crippen LogP contribution in [-0.2, 0) is 19.7 Å². The standard InChI is InChI=1S/C17H19Cl2NO4/c18-11-1-2-12(13(19)9-11)16(5-7-24-8-6-16)10-20-14(21)17(3-4-17)15(22)23/h1-2,9H,3-8,10H2,(H,20,21)(H,22,23). The van der Waals surface area contributed by atoms with Gasteiger partial charge in [0.15, 0.2) is 0 Å². The van der Waals surface area contributed by atoms with E-state index in [0.29, 0.717) is 55.5 Å². The van der Waals surface area contributed by atoms with Crippen molar-refractivity contribution in [1.82, 2.24) is 5.32 Å². The highest BCUT2D eigenvalue weighted by molar-refractivity contribution is 6.35. The summed E-state index contributed by atoms with van der Waals surface area (Å²) < 4.78 is 5.46. The van der Waals surface area contributed by atoms with Crippen LogP contribution in [0.25, 0.3) is 0 Å². The molecule has 1 heterocycles. The summed E-state index contributed by atoms with van der Waals surface area (Å²) in [4.78, 5) is 23.6. The molecular weight excluding hydrogens is 353 g/mol. The number of carboxylic acid groups (broad SMARTS) is 1. The van der Waals surface area contributed by atoms with Crippen LogP contribution in [0, 0.1) is 5.41 Å². The average Bonchev–Trinajstić information content (AvgIpc) is 3.35. The molecule has 2 N–H and O–H groups in total. The van der Waals surface area contributed by atoms with Crippen molar-refractivity contribution in [3.8, 4) is 0 Å². The van der Waals surface area contributed by atoms with Gasteiger partial charge in [0.05, 0.1) is 0 Å². The van der Waals surface area contributed by atoms with Gasteiger partial charge in [0.25, 0.3) is 0 Å². The van der Waals surface area contributed by atoms with E-state index < -0.39 is 17.3 Å². The van der Waals surface area contributed by atoms with Gasteiger partial charge in [0, 0.05) is 35.2 Å². The molecular formula is C17H19Cl2NO4. The first-order valence-corrected chi connectivity index (χ1v) is 8.70. The molecule has 1 aromatic rings. The molecule has 1 aliphatic heterocycles. The lowest BCUT2D eigenvalue weighted by atomic mass is 9.74. The topological polar surface area (TPSA) is 75.6 Å². The lowest BCUT2D eigenvalue weighted by Gasteiger charge is -2.38. The quantitative estimate of drug-likeness (QED) is 0.780. The Morgan fingerprint density at radius 1 is 1.17 bits per heavy atom. The van der Waals surface area contributed by atoms with Gasteiger partial charge in [0.1, 0.15) is 5.41 Å². The first kappa shape index (κ1) is 17.5. The molecule has 2 aliphatic rings. The minimum Gasteiger partial charge on any atom is -0.480 e. The Morgan fingerprint density at radius 2 is 1.83 bits per heavy atom. The number of amides is 1. The average molecular weight is 372 g/mol. The van der Waals surface area contributed by atoms with Crippen molar-refractivity contribution in [1.29, 1.82) is 0 Å². The second kappa shape index (κ2) is 6.54. The van der Waals surface area contributed by atoms with Crippen LogP contribution in [-0.4, -0.2) is 36.7 Å². The van der Waals surface area contributed by atoms with Gasteiger partial charge in [-0.25, -0.2) is 0 Å². The third-order valence-electron chi connectivity index (χ3n) is 5.13. The molecule has 0 radical (unpaired) electrons. The molecule has 0 spiro atoms. The van der Waals surface area contributed by atoms with Gasteiger partial charge in [-0.15, -0.1) is 0 Å². The summed E-state index contributed by atoms with van der Waals surface area (Å²) in [5, 5.41) is 13.2. The maximum Gasteiger partial charge on any atom is 0.319 e. The molecule has 1 saturated heterocycles. The molecule has 1 aliphatic carbocycles. The first-order chi connectivity index (χ1) is 11.4. The van der Waals surface area contributed by atoms with Gasteiger partial charge >= 0.3 is 5.97 Å². The third kappa shape index (κ3) is 3.13. The zero-order valence-electron chi connectivity index (χ0n) is 13.1. The van der Waals surface area contributed by atoms with Crippen LogP contribution in [0.3, 0.4) is 0 Å². The number of rotatable bonds is 5. The molecule has 7 heteroatoms. The summed E-state index contributed by atoms with van der Waals surface area (Å²) in [5.41, 5.74) is -0.697. The maximum atomic E-state index is 12.3. The van der Waals surface area contributed by atoms with Crippen molar-refractivity contribution in [3.63, 3.8) is 0 Å². The fourth-order valence-electron chi connectivity index (χ4n) is 3.30. The van der Waals surface area contributed by atoms with Gasteiger partial charge < -0.3 is 15.2 Å². The largest absolute Gasteiger partial charge is 0.480 e. The molecule has 5 nitrogen and oxygen atoms in total. The Morgan fingerprint density at radius 3 is 2.38 bits per heavy atom. The van der Waals surface area contributed by atoms with Crippen LogP contribution in [0.5, 0.6) is 0 Å². The molecule has 1 saturated carbocycles. The van der Waals surface area contributed by atoms with Crippen molar-refractivity contribution in [2.24, 2.45) is 5.41 Å². The first-order valence-electron chi connectivity index (χ1n) is 7.95. The van der Waals surface area contributed by atoms with Crippen LogP contribution in [0.15, 0.2) is 18.2 Å². The van der Waals surface area contributed by atoms with Gasteiger partial charge in [-0.05, 0) is 43.4 Å². The molecule has 2 fully saturated rings. The number of halogens is 2. The summed E-state index contributed by atoms with van der Waals surface area (Å²) in [6, 6.07) is 5.35. The van der Waals surface area contributed by atoms with E-state index in [9.17, 15) is 14.7 Å². The van der Waals surface area contributed by atoms with E-state index in [-0.39, 0.29) is 5.41 Å². The minimum absolute atomic E-state index is 0.339. The second-order valence-electron chi connectivity index (χ2n) is 6.59. The van der Waals surface area contributed by atoms with E-state index in [2.05, 4.69) is 5.32 Å². The van der Waals surface area contributed by atoms with E-state index in [0.717, 1.165) is 5.56 Å². The number of carbonyl (C=O) groups is 2. The summed E-state index contributed by atoms with van der Waals surface area (Å²) in [5.74, 6) is -1.46. The van der Waals surface area contributed by atoms with Gasteiger partial charge in [0.2, 0.25) is 5.91 Å². The van der Waals surface area contributed by atoms with Gasteiger partial charge in [-0.3, -0.25) is 9.59 Å². The van der Waals surface area contributed by atoms with Crippen molar-refractivity contribution in [2.75, 3.05) is 19.8 Å². The number of carboxylic acids is 1. The highest BCUT2D eigenvalue weighted by Crippen LogP contribution is 2.46. The Balaban J connectivity index is 1.82. The zero-order chi connectivity index (χ0) is 17.4. The molecule has 0 atom stereocenters. The maximum absolute atomic E-state index is 12.3. The van der Waals surface area contributed by atoms with Crippen LogP contribution >= 0.6 is 23.2 Å². The van der Waals surface area contributed by atoms with Crippen LogP contribution in [0.4, 0.5) is 0 Å². The number of nitrogens with one attached hydrogen (secondary N) is 1. The van der Waals surface area contributed by atoms with Gasteiger partial charge in [-0.1, -0.05) is 29.3 Å². The fourth-order valence-corrected chi connectivity index (χ4v) is 3.91. The highest BCUT2D eigenvalue weighted by atomic mass is 35.5. The normalized spacial score (nSPS) is 21.1. The Labute approximate surface area is 150 Å². The van der Waals surface area contributed by atoms with Crippen molar-refractivity contribution in [3.05, 3.63) is 33.8 Å². The van der Waals surface area contributed by atoms with Crippen molar-refractivity contribution < 1.29 is 19.4 Å². The van der Waals surface area contributed by atoms with E-state index in [1.54, 1.807) is 12.1 Å². The molecule has 0 aromatic heterocycles. The molecule has 3 rings (SSSR count). The van der Waals surface area contributed by atoms with E-state index in [1.165, 1.54) is 0 Å². The lowest BCUT2D eigenvalue weighted by Crippen LogP contribution is -2.47. The molecule has 130 valence electrons. The summed E-state index contributed by atoms with van der Waals surface area (Å²) in [6.45, 7) is 1.48. The van der Waals surface area contributed by atoms with E-state index in [1.807, 2.05) is 6.07 Å². The van der Waals surface area contributed by atoms with Crippen molar-refractivity contribution in [2.45, 2.75) is 31.1 Å². The minimum atomic E-state index is -1.24. The SMILES string of the molecule is O=C(O)C1(C(=O)NCC2(c3ccc(Cl)cc3Cl)CCOCC2)CC1. The van der Waals surface area contributed by atoms with Crippen LogP contribution < -0.4 is 5.32 Å². The molecule has 1 aromatic carbocycles. The smallest absolute Gasteiger partial charge is 0.319 e. The Kier molecular flexibility index (Phi) is 4.78. The van der Waals surface area contributed by atoms with Gasteiger partial charge in [-0.2, -0.15) is 0 Å². The number of ether oxygens (including phenoxy) is 1. The summed E-state index contributed by atoms with van der Waals surface area (Å²) >= 11 is 12.4. The predicted octanol–water partition coefficient (Wildman–Crippen LogP) is 3.02. The fraction of sp³-hybridized carbons (Fsp3) is 0.529. The van der Waals surface area contributed by atoms with Crippen LogP contribution in [0.1, 0.15) is 31.2 Å². The molecule has 1 amide bonds. The number of carbonyl (C=O) groups excluding carboxylic acids is 1. The zero-order valence-corrected chi connectivity index (χ0v) is 14.6. The molecule has 0 unspecified atom stereocenters. The lowest BCUT2D eigenvalue weighted by molar-refractivity contribution is -0.149. The number of hydrogen-bond donors (Lipinski definition) is 2. The second-order valence-corrected chi connectivity index (χ2v) is 7.43. The van der Waals surface area contributed by atoms with Crippen molar-refractivity contribution >= 4 is 35.1 Å². The van der Waals surface area contributed by atoms with E-state index in [4.69, 9.17) is 27.9 Å². The summed E-state index contributed by atoms with van der Waals surface area (Å²) in [7, 11) is 0. The Hall–Kier alpha value is -1.30. The number of hydrogen-bond acceptors (Lipinski definition) is 3. The third-order valence-corrected chi connectivity index (χ3v) is 5.68.